The van der Waals surface area contributed by atoms with E-state index in [1.807, 2.05) is 19.1 Å². The van der Waals surface area contributed by atoms with Crippen molar-refractivity contribution in [2.24, 2.45) is 0 Å². The van der Waals surface area contributed by atoms with Crippen LogP contribution in [0, 0.1) is 6.92 Å². The summed E-state index contributed by atoms with van der Waals surface area (Å²) < 4.78 is 10.4. The van der Waals surface area contributed by atoms with Crippen molar-refractivity contribution in [3.63, 3.8) is 0 Å². The zero-order valence-electron chi connectivity index (χ0n) is 12.6. The highest BCUT2D eigenvalue weighted by molar-refractivity contribution is 6.31. The summed E-state index contributed by atoms with van der Waals surface area (Å²) in [5.74, 6) is 1.11. The lowest BCUT2D eigenvalue weighted by molar-refractivity contribution is 0.262. The third kappa shape index (κ3) is 3.83. The van der Waals surface area contributed by atoms with Crippen molar-refractivity contribution in [2.75, 3.05) is 24.9 Å². The Morgan fingerprint density at radius 3 is 2.09 bits per heavy atom. The standard InChI is InChI=1S/C16H17ClN2O3/c1-10-4-6-14(21-2)12(8-10)18-16(20)19-13-9-11(17)5-7-15(13)22-3/h4-9H,1-3H3,(H2,18,19,20). The van der Waals surface area contributed by atoms with Crippen LogP contribution in [0.5, 0.6) is 11.5 Å². The average molecular weight is 321 g/mol. The molecule has 116 valence electrons. The number of carbonyl (C=O) groups excluding carboxylic acids is 1. The second kappa shape index (κ2) is 7.04. The molecule has 2 aromatic rings. The van der Waals surface area contributed by atoms with Crippen molar-refractivity contribution >= 4 is 29.0 Å². The minimum Gasteiger partial charge on any atom is -0.495 e. The van der Waals surface area contributed by atoms with Crippen LogP contribution in [-0.2, 0) is 0 Å². The Kier molecular flexibility index (Phi) is 5.12. The van der Waals surface area contributed by atoms with Gasteiger partial charge in [0.2, 0.25) is 0 Å². The highest BCUT2D eigenvalue weighted by atomic mass is 35.5. The van der Waals surface area contributed by atoms with Gasteiger partial charge in [0.1, 0.15) is 11.5 Å². The molecule has 0 saturated heterocycles. The van der Waals surface area contributed by atoms with E-state index in [0.29, 0.717) is 27.9 Å². The molecule has 2 rings (SSSR count). The quantitative estimate of drug-likeness (QED) is 0.882. The van der Waals surface area contributed by atoms with Gasteiger partial charge in [-0.3, -0.25) is 0 Å². The molecule has 0 fully saturated rings. The van der Waals surface area contributed by atoms with Gasteiger partial charge in [-0.15, -0.1) is 0 Å². The van der Waals surface area contributed by atoms with Crippen LogP contribution in [0.2, 0.25) is 5.02 Å². The average Bonchev–Trinajstić information content (AvgIpc) is 2.47. The topological polar surface area (TPSA) is 59.6 Å². The normalized spacial score (nSPS) is 10.0. The number of urea groups is 1. The summed E-state index contributed by atoms with van der Waals surface area (Å²) in [6.07, 6.45) is 0. The molecule has 2 N–H and O–H groups in total. The SMILES string of the molecule is COc1ccc(C)cc1NC(=O)Nc1cc(Cl)ccc1OC. The van der Waals surface area contributed by atoms with Crippen molar-refractivity contribution in [2.45, 2.75) is 6.92 Å². The monoisotopic (exact) mass is 320 g/mol. The Morgan fingerprint density at radius 1 is 0.955 bits per heavy atom. The van der Waals surface area contributed by atoms with Gasteiger partial charge in [-0.05, 0) is 42.8 Å². The van der Waals surface area contributed by atoms with Crippen molar-refractivity contribution < 1.29 is 14.3 Å². The highest BCUT2D eigenvalue weighted by Crippen LogP contribution is 2.29. The second-order valence-corrected chi connectivity index (χ2v) is 5.06. The van der Waals surface area contributed by atoms with Crippen LogP contribution in [0.1, 0.15) is 5.56 Å². The molecule has 0 spiro atoms. The predicted molar refractivity (Wildman–Crippen MR) is 88.4 cm³/mol. The molecule has 2 aromatic carbocycles. The largest absolute Gasteiger partial charge is 0.495 e. The minimum atomic E-state index is -0.413. The maximum absolute atomic E-state index is 12.2. The van der Waals surface area contributed by atoms with Gasteiger partial charge in [0.25, 0.3) is 0 Å². The van der Waals surface area contributed by atoms with Crippen LogP contribution in [-0.4, -0.2) is 20.3 Å². The minimum absolute atomic E-state index is 0.413. The van der Waals surface area contributed by atoms with Crippen LogP contribution < -0.4 is 20.1 Å². The van der Waals surface area contributed by atoms with Crippen LogP contribution in [0.25, 0.3) is 0 Å². The molecule has 0 aromatic heterocycles. The van der Waals surface area contributed by atoms with E-state index < -0.39 is 6.03 Å². The number of benzene rings is 2. The van der Waals surface area contributed by atoms with E-state index in [1.165, 1.54) is 7.11 Å². The summed E-state index contributed by atoms with van der Waals surface area (Å²) in [5.41, 5.74) is 2.08. The van der Waals surface area contributed by atoms with Gasteiger partial charge in [-0.1, -0.05) is 17.7 Å². The number of ether oxygens (including phenoxy) is 2. The summed E-state index contributed by atoms with van der Waals surface area (Å²) in [6, 6.07) is 10.1. The van der Waals surface area contributed by atoms with E-state index in [-0.39, 0.29) is 0 Å². The number of nitrogens with one attached hydrogen (secondary N) is 2. The molecule has 5 nitrogen and oxygen atoms in total. The van der Waals surface area contributed by atoms with Gasteiger partial charge >= 0.3 is 6.03 Å². The zero-order chi connectivity index (χ0) is 16.1. The third-order valence-electron chi connectivity index (χ3n) is 3.01. The molecule has 0 heterocycles. The fourth-order valence-corrected chi connectivity index (χ4v) is 2.15. The maximum atomic E-state index is 12.2. The second-order valence-electron chi connectivity index (χ2n) is 4.63. The van der Waals surface area contributed by atoms with E-state index in [1.54, 1.807) is 31.4 Å². The van der Waals surface area contributed by atoms with Gasteiger partial charge < -0.3 is 20.1 Å². The first kappa shape index (κ1) is 16.0. The van der Waals surface area contributed by atoms with E-state index in [0.717, 1.165) is 5.56 Å². The molecule has 6 heteroatoms. The summed E-state index contributed by atoms with van der Waals surface area (Å²) >= 11 is 5.94. The lowest BCUT2D eigenvalue weighted by atomic mass is 10.2. The van der Waals surface area contributed by atoms with Gasteiger partial charge in [0, 0.05) is 5.02 Å². The number of aryl methyl sites for hydroxylation is 1. The molecule has 0 aliphatic heterocycles. The molecular weight excluding hydrogens is 304 g/mol. The number of anilines is 2. The molecule has 0 aliphatic carbocycles. The number of amides is 2. The number of methoxy groups -OCH3 is 2. The lowest BCUT2D eigenvalue weighted by Crippen LogP contribution is -2.20. The van der Waals surface area contributed by atoms with Crippen molar-refractivity contribution in [1.82, 2.24) is 0 Å². The van der Waals surface area contributed by atoms with Crippen molar-refractivity contribution in [3.05, 3.63) is 47.0 Å². The van der Waals surface area contributed by atoms with Crippen LogP contribution >= 0.6 is 11.6 Å². The lowest BCUT2D eigenvalue weighted by Gasteiger charge is -2.13. The first-order valence-corrected chi connectivity index (χ1v) is 6.97. The van der Waals surface area contributed by atoms with Gasteiger partial charge in [-0.2, -0.15) is 0 Å². The first-order chi connectivity index (χ1) is 10.5. The molecule has 0 saturated carbocycles. The molecule has 0 aliphatic rings. The Labute approximate surface area is 134 Å². The van der Waals surface area contributed by atoms with Gasteiger partial charge in [0.05, 0.1) is 25.6 Å². The van der Waals surface area contributed by atoms with Crippen LogP contribution in [0.4, 0.5) is 16.2 Å². The fourth-order valence-electron chi connectivity index (χ4n) is 1.97. The summed E-state index contributed by atoms with van der Waals surface area (Å²) in [4.78, 5) is 12.2. The molecule has 22 heavy (non-hydrogen) atoms. The zero-order valence-corrected chi connectivity index (χ0v) is 13.3. The van der Waals surface area contributed by atoms with E-state index in [9.17, 15) is 4.79 Å². The molecule has 2 amide bonds. The van der Waals surface area contributed by atoms with E-state index in [2.05, 4.69) is 10.6 Å². The summed E-state index contributed by atoms with van der Waals surface area (Å²) in [5, 5.41) is 5.96. The maximum Gasteiger partial charge on any atom is 0.323 e. The number of halogens is 1. The van der Waals surface area contributed by atoms with E-state index >= 15 is 0 Å². The molecule has 0 bridgehead atoms. The number of hydrogen-bond acceptors (Lipinski definition) is 3. The predicted octanol–water partition coefficient (Wildman–Crippen LogP) is 4.31. The molecule has 0 unspecified atom stereocenters. The molecular formula is C16H17ClN2O3. The third-order valence-corrected chi connectivity index (χ3v) is 3.25. The number of rotatable bonds is 4. The smallest absolute Gasteiger partial charge is 0.323 e. The number of carbonyl (C=O) groups is 1. The van der Waals surface area contributed by atoms with Crippen LogP contribution in [0.15, 0.2) is 36.4 Å². The van der Waals surface area contributed by atoms with Crippen LogP contribution in [0.3, 0.4) is 0 Å². The Balaban J connectivity index is 2.17. The van der Waals surface area contributed by atoms with Gasteiger partial charge in [-0.25, -0.2) is 4.79 Å². The molecule has 0 atom stereocenters. The summed E-state index contributed by atoms with van der Waals surface area (Å²) in [6.45, 7) is 1.93. The fraction of sp³-hybridized carbons (Fsp3) is 0.188. The Morgan fingerprint density at radius 2 is 1.50 bits per heavy atom. The van der Waals surface area contributed by atoms with Gasteiger partial charge in [0.15, 0.2) is 0 Å². The first-order valence-electron chi connectivity index (χ1n) is 6.59. The Bertz CT molecular complexity index is 632. The highest BCUT2D eigenvalue weighted by Gasteiger charge is 2.11. The van der Waals surface area contributed by atoms with Crippen molar-refractivity contribution in [3.8, 4) is 11.5 Å². The summed E-state index contributed by atoms with van der Waals surface area (Å²) in [7, 11) is 3.07. The number of hydrogen-bond donors (Lipinski definition) is 2. The van der Waals surface area contributed by atoms with E-state index in [4.69, 9.17) is 21.1 Å². The molecule has 0 radical (unpaired) electrons. The van der Waals surface area contributed by atoms with Crippen molar-refractivity contribution in [1.29, 1.82) is 0 Å². The Hall–Kier alpha value is -2.40.